The van der Waals surface area contributed by atoms with E-state index in [1.54, 1.807) is 39.3 Å². The molecule has 2 aromatic carbocycles. The number of methoxy groups -OCH3 is 2. The van der Waals surface area contributed by atoms with E-state index in [-0.39, 0.29) is 18.9 Å². The average Bonchev–Trinajstić information content (AvgIpc) is 2.78. The van der Waals surface area contributed by atoms with Gasteiger partial charge in [0, 0.05) is 6.54 Å². The van der Waals surface area contributed by atoms with Gasteiger partial charge in [-0.05, 0) is 67.3 Å². The first-order chi connectivity index (χ1) is 15.7. The molecule has 0 fully saturated rings. The molecule has 0 bridgehead atoms. The molecule has 3 rings (SSSR count). The molecule has 1 aromatic heterocycles. The highest BCUT2D eigenvalue weighted by atomic mass is 16.5. The molecule has 174 valence electrons. The Balaban J connectivity index is 1.84. The van der Waals surface area contributed by atoms with Gasteiger partial charge < -0.3 is 23.9 Å². The minimum Gasteiger partial charge on any atom is -0.493 e. The van der Waals surface area contributed by atoms with Gasteiger partial charge in [-0.2, -0.15) is 0 Å². The summed E-state index contributed by atoms with van der Waals surface area (Å²) >= 11 is 0. The van der Waals surface area contributed by atoms with Gasteiger partial charge in [0.15, 0.2) is 11.5 Å². The lowest BCUT2D eigenvalue weighted by atomic mass is 10.0. The third-order valence-electron chi connectivity index (χ3n) is 5.24. The summed E-state index contributed by atoms with van der Waals surface area (Å²) in [6, 6.07) is 9.08. The van der Waals surface area contributed by atoms with Crippen molar-refractivity contribution in [3.8, 4) is 17.2 Å². The van der Waals surface area contributed by atoms with Crippen LogP contribution in [0.15, 0.2) is 51.7 Å². The van der Waals surface area contributed by atoms with Gasteiger partial charge >= 0.3 is 5.63 Å². The number of amides is 1. The normalized spacial score (nSPS) is 10.7. The second-order valence-electron chi connectivity index (χ2n) is 8.02. The Morgan fingerprint density at radius 1 is 1.06 bits per heavy atom. The van der Waals surface area contributed by atoms with Crippen molar-refractivity contribution in [2.45, 2.75) is 33.7 Å². The Bertz CT molecular complexity index is 1260. The maximum absolute atomic E-state index is 12.7. The van der Waals surface area contributed by atoms with Crippen molar-refractivity contribution in [3.63, 3.8) is 0 Å². The Morgan fingerprint density at radius 2 is 1.79 bits per heavy atom. The zero-order chi connectivity index (χ0) is 24.1. The molecule has 33 heavy (non-hydrogen) atoms. The van der Waals surface area contributed by atoms with Crippen molar-refractivity contribution in [2.24, 2.45) is 0 Å². The van der Waals surface area contributed by atoms with Gasteiger partial charge in [0.05, 0.1) is 31.6 Å². The second kappa shape index (κ2) is 10.3. The number of rotatable bonds is 9. The van der Waals surface area contributed by atoms with Crippen molar-refractivity contribution in [1.82, 2.24) is 5.32 Å². The lowest BCUT2D eigenvalue weighted by Crippen LogP contribution is -2.27. The zero-order valence-electron chi connectivity index (χ0n) is 19.7. The Labute approximate surface area is 193 Å². The number of carbonyl (C=O) groups excluding carboxylic acids is 1. The fourth-order valence-electron chi connectivity index (χ4n) is 3.57. The highest BCUT2D eigenvalue weighted by molar-refractivity contribution is 5.89. The molecule has 0 aliphatic rings. The van der Waals surface area contributed by atoms with Crippen LogP contribution in [0.25, 0.3) is 11.0 Å². The summed E-state index contributed by atoms with van der Waals surface area (Å²) in [4.78, 5) is 25.3. The predicted octanol–water partition coefficient (Wildman–Crippen LogP) is 4.24. The molecular formula is C26H29NO6. The van der Waals surface area contributed by atoms with Crippen molar-refractivity contribution >= 4 is 16.9 Å². The molecule has 3 aromatic rings. The summed E-state index contributed by atoms with van der Waals surface area (Å²) < 4.78 is 22.0. The van der Waals surface area contributed by atoms with Crippen LogP contribution >= 0.6 is 0 Å². The van der Waals surface area contributed by atoms with Crippen LogP contribution in [0, 0.1) is 13.8 Å². The first-order valence-corrected chi connectivity index (χ1v) is 10.5. The van der Waals surface area contributed by atoms with Crippen molar-refractivity contribution in [1.29, 1.82) is 0 Å². The van der Waals surface area contributed by atoms with E-state index in [1.165, 1.54) is 0 Å². The molecule has 1 amide bonds. The number of hydrogen-bond acceptors (Lipinski definition) is 6. The third-order valence-corrected chi connectivity index (χ3v) is 5.24. The van der Waals surface area contributed by atoms with Crippen molar-refractivity contribution < 1.29 is 23.4 Å². The van der Waals surface area contributed by atoms with Crippen LogP contribution in [-0.2, 0) is 17.8 Å². The number of carbonyl (C=O) groups is 1. The van der Waals surface area contributed by atoms with Crippen LogP contribution in [0.4, 0.5) is 0 Å². The summed E-state index contributed by atoms with van der Waals surface area (Å²) in [5, 5.41) is 3.53. The van der Waals surface area contributed by atoms with Crippen LogP contribution in [0.2, 0.25) is 0 Å². The quantitative estimate of drug-likeness (QED) is 0.387. The summed E-state index contributed by atoms with van der Waals surface area (Å²) in [6.45, 7) is 10.1. The van der Waals surface area contributed by atoms with E-state index in [2.05, 4.69) is 11.9 Å². The van der Waals surface area contributed by atoms with E-state index in [0.717, 1.165) is 16.7 Å². The molecule has 1 N–H and O–H groups in total. The Hall–Kier alpha value is -3.74. The molecule has 0 aliphatic carbocycles. The lowest BCUT2D eigenvalue weighted by Gasteiger charge is -2.14. The van der Waals surface area contributed by atoms with Gasteiger partial charge in [-0.3, -0.25) is 4.79 Å². The van der Waals surface area contributed by atoms with E-state index < -0.39 is 5.63 Å². The molecule has 0 saturated heterocycles. The molecule has 0 radical (unpaired) electrons. The largest absolute Gasteiger partial charge is 0.493 e. The van der Waals surface area contributed by atoms with E-state index in [4.69, 9.17) is 18.6 Å². The number of aryl methyl sites for hydroxylation is 2. The zero-order valence-corrected chi connectivity index (χ0v) is 19.7. The van der Waals surface area contributed by atoms with Gasteiger partial charge in [0.1, 0.15) is 17.9 Å². The molecular weight excluding hydrogens is 422 g/mol. The average molecular weight is 452 g/mol. The number of nitrogens with one attached hydrogen (secondary N) is 1. The van der Waals surface area contributed by atoms with Crippen LogP contribution in [0.5, 0.6) is 17.2 Å². The van der Waals surface area contributed by atoms with Crippen molar-refractivity contribution in [3.05, 3.63) is 75.2 Å². The maximum atomic E-state index is 12.7. The number of benzene rings is 2. The van der Waals surface area contributed by atoms with Crippen LogP contribution in [0.3, 0.4) is 0 Å². The standard InChI is InChI=1S/C26H29NO6/c1-15(2)14-32-22-9-16(3)10-23-25(22)17(4)19(26(29)33-23)12-24(28)27-13-18-7-8-20(30-5)21(11-18)31-6/h7-11H,1,12-14H2,2-6H3,(H,27,28). The topological polar surface area (TPSA) is 87.0 Å². The van der Waals surface area contributed by atoms with Gasteiger partial charge in [-0.1, -0.05) is 12.6 Å². The van der Waals surface area contributed by atoms with Gasteiger partial charge in [-0.25, -0.2) is 4.79 Å². The molecule has 0 unspecified atom stereocenters. The predicted molar refractivity (Wildman–Crippen MR) is 127 cm³/mol. The molecule has 1 heterocycles. The van der Waals surface area contributed by atoms with Crippen LogP contribution < -0.4 is 25.2 Å². The SMILES string of the molecule is C=C(C)COc1cc(C)cc2oc(=O)c(CC(=O)NCc3ccc(OC)c(OC)c3)c(C)c12. The molecule has 0 aliphatic heterocycles. The maximum Gasteiger partial charge on any atom is 0.340 e. The monoisotopic (exact) mass is 451 g/mol. The first kappa shape index (κ1) is 23.9. The Kier molecular flexibility index (Phi) is 7.43. The molecule has 7 heteroatoms. The van der Waals surface area contributed by atoms with Crippen molar-refractivity contribution in [2.75, 3.05) is 20.8 Å². The summed E-state index contributed by atoms with van der Waals surface area (Å²) in [5.74, 6) is 1.49. The number of fused-ring (bicyclic) bond motifs is 1. The number of ether oxygens (including phenoxy) is 3. The second-order valence-corrected chi connectivity index (χ2v) is 8.02. The van der Waals surface area contributed by atoms with Crippen LogP contribution in [-0.4, -0.2) is 26.7 Å². The third kappa shape index (κ3) is 5.55. The number of hydrogen-bond donors (Lipinski definition) is 1. The van der Waals surface area contributed by atoms with E-state index >= 15 is 0 Å². The van der Waals surface area contributed by atoms with Crippen LogP contribution in [0.1, 0.15) is 29.2 Å². The fourth-order valence-corrected chi connectivity index (χ4v) is 3.57. The van der Waals surface area contributed by atoms with E-state index in [9.17, 15) is 9.59 Å². The molecule has 7 nitrogen and oxygen atoms in total. The summed E-state index contributed by atoms with van der Waals surface area (Å²) in [5.41, 5.74) is 3.49. The highest BCUT2D eigenvalue weighted by Crippen LogP contribution is 2.31. The lowest BCUT2D eigenvalue weighted by molar-refractivity contribution is -0.120. The molecule has 0 atom stereocenters. The van der Waals surface area contributed by atoms with E-state index in [0.29, 0.717) is 46.0 Å². The summed E-state index contributed by atoms with van der Waals surface area (Å²) in [6.07, 6.45) is -0.106. The van der Waals surface area contributed by atoms with E-state index in [1.807, 2.05) is 26.0 Å². The molecule has 0 spiro atoms. The van der Waals surface area contributed by atoms with Gasteiger partial charge in [0.25, 0.3) is 0 Å². The first-order valence-electron chi connectivity index (χ1n) is 10.5. The highest BCUT2D eigenvalue weighted by Gasteiger charge is 2.18. The fraction of sp³-hybridized carbons (Fsp3) is 0.308. The smallest absolute Gasteiger partial charge is 0.340 e. The summed E-state index contributed by atoms with van der Waals surface area (Å²) in [7, 11) is 3.12. The molecule has 0 saturated carbocycles. The minimum absolute atomic E-state index is 0.106. The van der Waals surface area contributed by atoms with Gasteiger partial charge in [-0.15, -0.1) is 0 Å². The van der Waals surface area contributed by atoms with Gasteiger partial charge in [0.2, 0.25) is 5.91 Å². The Morgan fingerprint density at radius 3 is 2.45 bits per heavy atom. The minimum atomic E-state index is -0.530.